The monoisotopic (exact) mass is 386 g/mol. The van der Waals surface area contributed by atoms with E-state index in [1.54, 1.807) is 19.6 Å². The maximum atomic E-state index is 9.59. The standard InChI is InChI=1S/C22H22N6O/c1-15-6-7-19(16(11-15)12-23)28-10-8-18-17(13-28)21(26-14-25-18)27(2)20-5-4-9-24-22(20)29-3/h4-7,9,11,14H,8,10,13H2,1-3H3. The molecule has 7 nitrogen and oxygen atoms in total. The lowest BCUT2D eigenvalue weighted by molar-refractivity contribution is 0.399. The van der Waals surface area contributed by atoms with E-state index in [2.05, 4.69) is 25.9 Å². The number of nitriles is 1. The van der Waals surface area contributed by atoms with Crippen LogP contribution < -0.4 is 14.5 Å². The molecule has 2 aromatic heterocycles. The molecule has 0 atom stereocenters. The molecule has 0 saturated heterocycles. The highest BCUT2D eigenvalue weighted by atomic mass is 16.5. The minimum atomic E-state index is 0.542. The van der Waals surface area contributed by atoms with Crippen molar-refractivity contribution in [1.82, 2.24) is 15.0 Å². The second-order valence-electron chi connectivity index (χ2n) is 7.02. The molecule has 0 amide bonds. The van der Waals surface area contributed by atoms with Gasteiger partial charge in [0, 0.05) is 38.3 Å². The molecule has 3 heterocycles. The van der Waals surface area contributed by atoms with Crippen molar-refractivity contribution >= 4 is 17.2 Å². The Kier molecular flexibility index (Phi) is 5.00. The van der Waals surface area contributed by atoms with E-state index < -0.39 is 0 Å². The van der Waals surface area contributed by atoms with E-state index >= 15 is 0 Å². The summed E-state index contributed by atoms with van der Waals surface area (Å²) in [7, 11) is 3.56. The van der Waals surface area contributed by atoms with E-state index in [4.69, 9.17) is 4.74 Å². The summed E-state index contributed by atoms with van der Waals surface area (Å²) < 4.78 is 5.42. The Balaban J connectivity index is 1.73. The van der Waals surface area contributed by atoms with Gasteiger partial charge >= 0.3 is 0 Å². The third-order valence-electron chi connectivity index (χ3n) is 5.22. The third kappa shape index (κ3) is 3.45. The molecule has 1 aromatic carbocycles. The van der Waals surface area contributed by atoms with Crippen LogP contribution in [0.3, 0.4) is 0 Å². The number of pyridine rings is 1. The number of rotatable bonds is 4. The highest BCUT2D eigenvalue weighted by molar-refractivity contribution is 5.69. The molecule has 0 fully saturated rings. The van der Waals surface area contributed by atoms with E-state index in [0.29, 0.717) is 18.0 Å². The topological polar surface area (TPSA) is 78.2 Å². The number of aryl methyl sites for hydroxylation is 1. The lowest BCUT2D eigenvalue weighted by atomic mass is 10.0. The van der Waals surface area contributed by atoms with Crippen molar-refractivity contribution in [3.8, 4) is 11.9 Å². The molecule has 29 heavy (non-hydrogen) atoms. The van der Waals surface area contributed by atoms with E-state index in [1.807, 2.05) is 49.2 Å². The molecule has 0 bridgehead atoms. The average Bonchev–Trinajstić information content (AvgIpc) is 2.77. The van der Waals surface area contributed by atoms with Gasteiger partial charge in [0.25, 0.3) is 0 Å². The zero-order chi connectivity index (χ0) is 20.4. The van der Waals surface area contributed by atoms with Crippen LogP contribution in [-0.2, 0) is 13.0 Å². The molecule has 0 radical (unpaired) electrons. The molecule has 0 spiro atoms. The Morgan fingerprint density at radius 2 is 2.07 bits per heavy atom. The highest BCUT2D eigenvalue weighted by Crippen LogP contribution is 2.35. The van der Waals surface area contributed by atoms with Gasteiger partial charge in [-0.3, -0.25) is 0 Å². The summed E-state index contributed by atoms with van der Waals surface area (Å²) in [5.74, 6) is 1.36. The van der Waals surface area contributed by atoms with Gasteiger partial charge < -0.3 is 14.5 Å². The number of methoxy groups -OCH3 is 1. The van der Waals surface area contributed by atoms with E-state index in [-0.39, 0.29) is 0 Å². The maximum absolute atomic E-state index is 9.59. The predicted molar refractivity (Wildman–Crippen MR) is 112 cm³/mol. The first-order chi connectivity index (χ1) is 14.1. The normalized spacial score (nSPS) is 12.8. The first-order valence-corrected chi connectivity index (χ1v) is 9.43. The number of aromatic nitrogens is 3. The van der Waals surface area contributed by atoms with Crippen LogP contribution in [0.25, 0.3) is 0 Å². The van der Waals surface area contributed by atoms with Gasteiger partial charge in [0.15, 0.2) is 0 Å². The van der Waals surface area contributed by atoms with Crippen molar-refractivity contribution in [3.63, 3.8) is 0 Å². The zero-order valence-corrected chi connectivity index (χ0v) is 16.8. The lowest BCUT2D eigenvalue weighted by Crippen LogP contribution is -2.33. The second kappa shape index (κ2) is 7.76. The van der Waals surface area contributed by atoms with Crippen LogP contribution in [0, 0.1) is 18.3 Å². The summed E-state index contributed by atoms with van der Waals surface area (Å²) in [5, 5.41) is 9.59. The lowest BCUT2D eigenvalue weighted by Gasteiger charge is -2.33. The number of nitrogens with zero attached hydrogens (tertiary/aromatic N) is 6. The quantitative estimate of drug-likeness (QED) is 0.680. The van der Waals surface area contributed by atoms with Gasteiger partial charge in [-0.2, -0.15) is 5.26 Å². The molecule has 0 N–H and O–H groups in total. The van der Waals surface area contributed by atoms with Crippen LogP contribution in [0.5, 0.6) is 5.88 Å². The van der Waals surface area contributed by atoms with Crippen LogP contribution in [0.2, 0.25) is 0 Å². The maximum Gasteiger partial charge on any atom is 0.237 e. The fourth-order valence-corrected chi connectivity index (χ4v) is 3.75. The van der Waals surface area contributed by atoms with Crippen LogP contribution >= 0.6 is 0 Å². The Morgan fingerprint density at radius 3 is 2.86 bits per heavy atom. The Morgan fingerprint density at radius 1 is 1.21 bits per heavy atom. The fourth-order valence-electron chi connectivity index (χ4n) is 3.75. The molecular formula is C22H22N6O. The van der Waals surface area contributed by atoms with Crippen molar-refractivity contribution in [2.75, 3.05) is 30.5 Å². The van der Waals surface area contributed by atoms with Gasteiger partial charge in [-0.05, 0) is 36.8 Å². The largest absolute Gasteiger partial charge is 0.480 e. The third-order valence-corrected chi connectivity index (χ3v) is 5.22. The Hall–Kier alpha value is -3.66. The summed E-state index contributed by atoms with van der Waals surface area (Å²) in [5.41, 5.74) is 5.63. The van der Waals surface area contributed by atoms with Crippen LogP contribution in [-0.4, -0.2) is 35.7 Å². The summed E-state index contributed by atoms with van der Waals surface area (Å²) in [6.07, 6.45) is 4.10. The summed E-state index contributed by atoms with van der Waals surface area (Å²) >= 11 is 0. The van der Waals surface area contributed by atoms with Crippen LogP contribution in [0.1, 0.15) is 22.4 Å². The molecule has 3 aromatic rings. The van der Waals surface area contributed by atoms with Crippen LogP contribution in [0.4, 0.5) is 17.2 Å². The smallest absolute Gasteiger partial charge is 0.237 e. The van der Waals surface area contributed by atoms with Crippen molar-refractivity contribution in [1.29, 1.82) is 5.26 Å². The average molecular weight is 386 g/mol. The first kappa shape index (κ1) is 18.7. The van der Waals surface area contributed by atoms with Gasteiger partial charge in [0.2, 0.25) is 5.88 Å². The predicted octanol–water partition coefficient (Wildman–Crippen LogP) is 3.39. The minimum absolute atomic E-state index is 0.542. The van der Waals surface area contributed by atoms with Crippen molar-refractivity contribution in [3.05, 3.63) is 65.2 Å². The van der Waals surface area contributed by atoms with E-state index in [9.17, 15) is 5.26 Å². The van der Waals surface area contributed by atoms with Crippen molar-refractivity contribution in [2.45, 2.75) is 19.9 Å². The molecule has 1 aliphatic rings. The summed E-state index contributed by atoms with van der Waals surface area (Å²) in [6.45, 7) is 3.44. The van der Waals surface area contributed by atoms with E-state index in [1.165, 1.54) is 0 Å². The van der Waals surface area contributed by atoms with Crippen molar-refractivity contribution < 1.29 is 4.74 Å². The molecule has 7 heteroatoms. The molecular weight excluding hydrogens is 364 g/mol. The molecule has 0 unspecified atom stereocenters. The summed E-state index contributed by atoms with van der Waals surface area (Å²) in [6, 6.07) is 12.2. The number of fused-ring (bicyclic) bond motifs is 1. The summed E-state index contributed by atoms with van der Waals surface area (Å²) in [4.78, 5) is 17.6. The first-order valence-electron chi connectivity index (χ1n) is 9.43. The van der Waals surface area contributed by atoms with Gasteiger partial charge in [-0.15, -0.1) is 0 Å². The number of benzene rings is 1. The molecule has 1 aliphatic heterocycles. The van der Waals surface area contributed by atoms with Gasteiger partial charge in [-0.25, -0.2) is 15.0 Å². The zero-order valence-electron chi connectivity index (χ0n) is 16.8. The Bertz CT molecular complexity index is 1090. The van der Waals surface area contributed by atoms with E-state index in [0.717, 1.165) is 47.0 Å². The molecule has 0 saturated carbocycles. The highest BCUT2D eigenvalue weighted by Gasteiger charge is 2.25. The second-order valence-corrected chi connectivity index (χ2v) is 7.02. The van der Waals surface area contributed by atoms with Gasteiger partial charge in [0.1, 0.15) is 23.9 Å². The SMILES string of the molecule is COc1ncccc1N(C)c1ncnc2c1CN(c1ccc(C)cc1C#N)CC2. The number of hydrogen-bond donors (Lipinski definition) is 0. The van der Waals surface area contributed by atoms with Crippen molar-refractivity contribution in [2.24, 2.45) is 0 Å². The van der Waals surface area contributed by atoms with Crippen LogP contribution in [0.15, 0.2) is 42.9 Å². The number of ether oxygens (including phenoxy) is 1. The number of anilines is 3. The van der Waals surface area contributed by atoms with Gasteiger partial charge in [-0.1, -0.05) is 6.07 Å². The number of hydrogen-bond acceptors (Lipinski definition) is 7. The Labute approximate surface area is 170 Å². The fraction of sp³-hybridized carbons (Fsp3) is 0.273. The molecule has 4 rings (SSSR count). The van der Waals surface area contributed by atoms with Gasteiger partial charge in [0.05, 0.1) is 24.1 Å². The minimum Gasteiger partial charge on any atom is -0.480 e. The molecule has 0 aliphatic carbocycles. The molecule has 146 valence electrons.